The summed E-state index contributed by atoms with van der Waals surface area (Å²) < 4.78 is 1.06. The number of hydrogen-bond donors (Lipinski definition) is 1. The number of aryl methyl sites for hydroxylation is 2. The first kappa shape index (κ1) is 11.4. The highest BCUT2D eigenvalue weighted by atomic mass is 79.9. The van der Waals surface area contributed by atoms with Crippen LogP contribution in [0.3, 0.4) is 0 Å². The molecule has 0 radical (unpaired) electrons. The van der Waals surface area contributed by atoms with E-state index in [1.807, 2.05) is 25.1 Å². The molecule has 0 spiro atoms. The lowest BCUT2D eigenvalue weighted by Crippen LogP contribution is -1.87. The minimum absolute atomic E-state index is 0.872. The number of benzene rings is 1. The maximum atomic E-state index is 4.67. The van der Waals surface area contributed by atoms with E-state index in [4.69, 9.17) is 0 Å². The second kappa shape index (κ2) is 4.21. The van der Waals surface area contributed by atoms with E-state index in [9.17, 15) is 0 Å². The molecule has 2 heterocycles. The normalized spacial score (nSPS) is 11.1. The Bertz CT molecular complexity index is 731. The van der Waals surface area contributed by atoms with Gasteiger partial charge in [-0.1, -0.05) is 15.9 Å². The molecule has 1 N–H and O–H groups in total. The monoisotopic (exact) mass is 301 g/mol. The number of pyridine rings is 1. The lowest BCUT2D eigenvalue weighted by atomic mass is 10.2. The minimum Gasteiger partial charge on any atom is -0.338 e. The van der Waals surface area contributed by atoms with Crippen LogP contribution in [0.25, 0.3) is 22.4 Å². The molecule has 0 aliphatic heterocycles. The van der Waals surface area contributed by atoms with Crippen molar-refractivity contribution < 1.29 is 0 Å². The Balaban J connectivity index is 2.26. The van der Waals surface area contributed by atoms with Crippen LogP contribution in [0.2, 0.25) is 0 Å². The van der Waals surface area contributed by atoms with Crippen molar-refractivity contribution in [1.29, 1.82) is 0 Å². The van der Waals surface area contributed by atoms with Crippen molar-refractivity contribution >= 4 is 27.0 Å². The second-order valence-corrected chi connectivity index (χ2v) is 5.26. The van der Waals surface area contributed by atoms with Crippen LogP contribution in [0.15, 0.2) is 34.9 Å². The van der Waals surface area contributed by atoms with Crippen molar-refractivity contribution in [2.24, 2.45) is 0 Å². The van der Waals surface area contributed by atoms with E-state index in [2.05, 4.69) is 43.9 Å². The Hall–Kier alpha value is -1.68. The predicted molar refractivity (Wildman–Crippen MR) is 76.5 cm³/mol. The van der Waals surface area contributed by atoms with Gasteiger partial charge in [-0.05, 0) is 43.7 Å². The third-order valence-corrected chi connectivity index (χ3v) is 3.46. The van der Waals surface area contributed by atoms with E-state index in [0.29, 0.717) is 0 Å². The zero-order chi connectivity index (χ0) is 12.7. The van der Waals surface area contributed by atoms with Gasteiger partial charge in [0.05, 0.1) is 11.0 Å². The lowest BCUT2D eigenvalue weighted by molar-refractivity contribution is 1.18. The van der Waals surface area contributed by atoms with Crippen LogP contribution in [0.4, 0.5) is 0 Å². The van der Waals surface area contributed by atoms with Gasteiger partial charge in [0.2, 0.25) is 0 Å². The SMILES string of the molecule is Cc1ncccc1-c1nc2c(C)cc(Br)cc2[nH]1. The number of hydrogen-bond acceptors (Lipinski definition) is 2. The van der Waals surface area contributed by atoms with Crippen LogP contribution in [0, 0.1) is 13.8 Å². The molecular formula is C14H12BrN3. The summed E-state index contributed by atoms with van der Waals surface area (Å²) in [6, 6.07) is 8.08. The Morgan fingerprint density at radius 2 is 2.06 bits per heavy atom. The highest BCUT2D eigenvalue weighted by molar-refractivity contribution is 9.10. The molecule has 1 aromatic carbocycles. The van der Waals surface area contributed by atoms with Gasteiger partial charge in [0.15, 0.2) is 0 Å². The van der Waals surface area contributed by atoms with Gasteiger partial charge in [-0.15, -0.1) is 0 Å². The van der Waals surface area contributed by atoms with Crippen molar-refractivity contribution in [3.8, 4) is 11.4 Å². The molecule has 0 aliphatic rings. The summed E-state index contributed by atoms with van der Waals surface area (Å²) in [7, 11) is 0. The molecule has 18 heavy (non-hydrogen) atoms. The molecule has 3 nitrogen and oxygen atoms in total. The van der Waals surface area contributed by atoms with E-state index in [1.165, 1.54) is 0 Å². The standard InChI is InChI=1S/C14H12BrN3/c1-8-6-10(15)7-12-13(8)18-14(17-12)11-4-3-5-16-9(11)2/h3-7H,1-2H3,(H,17,18). The fraction of sp³-hybridized carbons (Fsp3) is 0.143. The van der Waals surface area contributed by atoms with Crippen LogP contribution in [0.5, 0.6) is 0 Å². The summed E-state index contributed by atoms with van der Waals surface area (Å²) in [6.45, 7) is 4.05. The molecule has 0 bridgehead atoms. The number of imidazole rings is 1. The number of nitrogens with zero attached hydrogens (tertiary/aromatic N) is 2. The van der Waals surface area contributed by atoms with Crippen molar-refractivity contribution in [3.05, 3.63) is 46.2 Å². The number of aromatic amines is 1. The van der Waals surface area contributed by atoms with Gasteiger partial charge in [-0.3, -0.25) is 4.98 Å². The van der Waals surface area contributed by atoms with Gasteiger partial charge in [0, 0.05) is 21.9 Å². The molecule has 0 fully saturated rings. The van der Waals surface area contributed by atoms with E-state index >= 15 is 0 Å². The molecular weight excluding hydrogens is 290 g/mol. The van der Waals surface area contributed by atoms with E-state index in [1.54, 1.807) is 6.20 Å². The van der Waals surface area contributed by atoms with E-state index in [0.717, 1.165) is 38.2 Å². The van der Waals surface area contributed by atoms with Gasteiger partial charge >= 0.3 is 0 Å². The van der Waals surface area contributed by atoms with Crippen molar-refractivity contribution in [2.75, 3.05) is 0 Å². The molecule has 0 saturated heterocycles. The van der Waals surface area contributed by atoms with Gasteiger partial charge in [-0.25, -0.2) is 4.98 Å². The Kier molecular flexibility index (Phi) is 2.67. The summed E-state index contributed by atoms with van der Waals surface area (Å²) in [5.41, 5.74) is 5.23. The zero-order valence-corrected chi connectivity index (χ0v) is 11.7. The van der Waals surface area contributed by atoms with Crippen LogP contribution in [0.1, 0.15) is 11.3 Å². The molecule has 3 aromatic rings. The first-order chi connectivity index (χ1) is 8.65. The average molecular weight is 302 g/mol. The fourth-order valence-corrected chi connectivity index (χ4v) is 2.68. The van der Waals surface area contributed by atoms with Gasteiger partial charge in [0.1, 0.15) is 5.82 Å². The van der Waals surface area contributed by atoms with Gasteiger partial charge in [0.25, 0.3) is 0 Å². The molecule has 4 heteroatoms. The molecule has 0 amide bonds. The van der Waals surface area contributed by atoms with Crippen molar-refractivity contribution in [3.63, 3.8) is 0 Å². The molecule has 0 atom stereocenters. The number of rotatable bonds is 1. The Morgan fingerprint density at radius 3 is 2.83 bits per heavy atom. The molecule has 3 rings (SSSR count). The highest BCUT2D eigenvalue weighted by Gasteiger charge is 2.10. The largest absolute Gasteiger partial charge is 0.338 e. The maximum Gasteiger partial charge on any atom is 0.140 e. The third-order valence-electron chi connectivity index (χ3n) is 3.00. The number of aromatic nitrogens is 3. The smallest absolute Gasteiger partial charge is 0.140 e. The summed E-state index contributed by atoms with van der Waals surface area (Å²) in [5, 5.41) is 0. The summed E-state index contributed by atoms with van der Waals surface area (Å²) in [6.07, 6.45) is 1.79. The number of halogens is 1. The summed E-state index contributed by atoms with van der Waals surface area (Å²) in [5.74, 6) is 0.872. The topological polar surface area (TPSA) is 41.6 Å². The summed E-state index contributed by atoms with van der Waals surface area (Å²) in [4.78, 5) is 12.3. The van der Waals surface area contributed by atoms with E-state index < -0.39 is 0 Å². The Morgan fingerprint density at radius 1 is 1.22 bits per heavy atom. The van der Waals surface area contributed by atoms with Crippen LogP contribution in [-0.2, 0) is 0 Å². The van der Waals surface area contributed by atoms with Gasteiger partial charge < -0.3 is 4.98 Å². The second-order valence-electron chi connectivity index (χ2n) is 4.34. The Labute approximate surface area is 113 Å². The lowest BCUT2D eigenvalue weighted by Gasteiger charge is -1.99. The number of fused-ring (bicyclic) bond motifs is 1. The molecule has 0 unspecified atom stereocenters. The van der Waals surface area contributed by atoms with Crippen LogP contribution in [-0.4, -0.2) is 15.0 Å². The number of nitrogens with one attached hydrogen (secondary N) is 1. The van der Waals surface area contributed by atoms with Crippen LogP contribution >= 0.6 is 15.9 Å². The van der Waals surface area contributed by atoms with Crippen LogP contribution < -0.4 is 0 Å². The molecule has 0 aliphatic carbocycles. The van der Waals surface area contributed by atoms with Crippen molar-refractivity contribution in [2.45, 2.75) is 13.8 Å². The average Bonchev–Trinajstić information content (AvgIpc) is 2.73. The maximum absolute atomic E-state index is 4.67. The van der Waals surface area contributed by atoms with Gasteiger partial charge in [-0.2, -0.15) is 0 Å². The predicted octanol–water partition coefficient (Wildman–Crippen LogP) is 4.00. The molecule has 2 aromatic heterocycles. The summed E-state index contributed by atoms with van der Waals surface area (Å²) >= 11 is 3.50. The number of H-pyrrole nitrogens is 1. The highest BCUT2D eigenvalue weighted by Crippen LogP contribution is 2.26. The molecule has 90 valence electrons. The fourth-order valence-electron chi connectivity index (χ4n) is 2.11. The quantitative estimate of drug-likeness (QED) is 0.738. The minimum atomic E-state index is 0.872. The zero-order valence-electron chi connectivity index (χ0n) is 10.2. The first-order valence-electron chi connectivity index (χ1n) is 5.73. The first-order valence-corrected chi connectivity index (χ1v) is 6.52. The third kappa shape index (κ3) is 1.82. The van der Waals surface area contributed by atoms with Crippen molar-refractivity contribution in [1.82, 2.24) is 15.0 Å². The van der Waals surface area contributed by atoms with E-state index in [-0.39, 0.29) is 0 Å². The molecule has 0 saturated carbocycles.